The van der Waals surface area contributed by atoms with Gasteiger partial charge >= 0.3 is 25.9 Å². The third-order valence-corrected chi connectivity index (χ3v) is 8.23. The summed E-state index contributed by atoms with van der Waals surface area (Å²) in [5, 5.41) is 2.25. The number of amides is 2. The van der Waals surface area contributed by atoms with Crippen LogP contribution < -0.4 is 5.32 Å². The van der Waals surface area contributed by atoms with Gasteiger partial charge in [0.1, 0.15) is 24.7 Å². The van der Waals surface area contributed by atoms with Crippen molar-refractivity contribution in [1.82, 2.24) is 15.1 Å². The van der Waals surface area contributed by atoms with Crippen LogP contribution >= 0.6 is 7.82 Å². The van der Waals surface area contributed by atoms with Crippen LogP contribution in [-0.2, 0) is 51.5 Å². The Balaban J connectivity index is 6.24. The summed E-state index contributed by atoms with van der Waals surface area (Å²) in [5.41, 5.74) is 0. The quantitative estimate of drug-likeness (QED) is 0.0661. The number of hydrogen-bond donors (Lipinski definition) is 1. The van der Waals surface area contributed by atoms with Crippen molar-refractivity contribution in [3.05, 3.63) is 38.0 Å². The van der Waals surface area contributed by atoms with Crippen molar-refractivity contribution in [2.75, 3.05) is 40.5 Å². The summed E-state index contributed by atoms with van der Waals surface area (Å²) in [6.45, 7) is 20.5. The maximum Gasteiger partial charge on any atom is 0.475 e. The van der Waals surface area contributed by atoms with Crippen molar-refractivity contribution in [1.29, 1.82) is 0 Å². The summed E-state index contributed by atoms with van der Waals surface area (Å²) in [6.07, 6.45) is 1.31. The van der Waals surface area contributed by atoms with E-state index in [1.54, 1.807) is 27.0 Å². The van der Waals surface area contributed by atoms with E-state index in [1.807, 2.05) is 25.7 Å². The Morgan fingerprint density at radius 2 is 1.40 bits per heavy atom. The highest BCUT2D eigenvalue weighted by Crippen LogP contribution is 2.49. The van der Waals surface area contributed by atoms with E-state index in [0.717, 1.165) is 11.8 Å². The minimum absolute atomic E-state index is 0.0591. The molecule has 0 saturated carbocycles. The molecule has 0 aliphatic carbocycles. The molecule has 1 N–H and O–H groups in total. The Kier molecular flexibility index (Phi) is 20.7. The van der Waals surface area contributed by atoms with Gasteiger partial charge in [-0.2, -0.15) is 0 Å². The van der Waals surface area contributed by atoms with Crippen LogP contribution in [-0.4, -0.2) is 111 Å². The molecule has 0 aliphatic heterocycles. The van der Waals surface area contributed by atoms with Gasteiger partial charge in [-0.05, 0) is 33.2 Å². The maximum absolute atomic E-state index is 13.6. The van der Waals surface area contributed by atoms with Gasteiger partial charge in [0.15, 0.2) is 5.78 Å². The second-order valence-electron chi connectivity index (χ2n) is 11.6. The molecule has 0 bridgehead atoms. The van der Waals surface area contributed by atoms with Crippen molar-refractivity contribution >= 4 is 37.5 Å². The highest BCUT2D eigenvalue weighted by Gasteiger charge is 2.40. The molecule has 0 saturated heterocycles. The minimum atomic E-state index is -4.29. The minimum Gasteiger partial charge on any atom is -0.459 e. The lowest BCUT2D eigenvalue weighted by Gasteiger charge is -2.39. The van der Waals surface area contributed by atoms with Gasteiger partial charge in [0, 0.05) is 32.9 Å². The molecule has 48 heavy (non-hydrogen) atoms. The highest BCUT2D eigenvalue weighted by molar-refractivity contribution is 7.48. The van der Waals surface area contributed by atoms with Crippen LogP contribution in [0, 0.1) is 11.8 Å². The molecule has 0 aromatic heterocycles. The standard InChI is InChI=1S/C32H54N3O12P/c1-13-16-23(8)30(28(29(38)21(4)5)35(12)22(6)7)47-27(37)19-34(11)31(39)26(33-32(40)46-25(10)45-24(9)36)20-44-48(41,42-17-14-2)43-18-15-3/h13-15,21-23,25-26,28,30H,1-3,16-20H2,4-12H3,(H,33,40). The molecule has 5 atom stereocenters. The Hall–Kier alpha value is -3.36. The average Bonchev–Trinajstić information content (AvgIpc) is 2.99. The lowest BCUT2D eigenvalue weighted by molar-refractivity contribution is -0.162. The smallest absolute Gasteiger partial charge is 0.459 e. The summed E-state index contributed by atoms with van der Waals surface area (Å²) >= 11 is 0. The molecular formula is C32H54N3O12P. The first-order chi connectivity index (χ1) is 22.3. The molecule has 0 spiro atoms. The van der Waals surface area contributed by atoms with Crippen molar-refractivity contribution in [2.45, 2.75) is 85.4 Å². The summed E-state index contributed by atoms with van der Waals surface area (Å²) in [6, 6.07) is -2.44. The van der Waals surface area contributed by atoms with Gasteiger partial charge < -0.3 is 24.4 Å². The van der Waals surface area contributed by atoms with Gasteiger partial charge in [-0.1, -0.05) is 39.0 Å². The van der Waals surface area contributed by atoms with Crippen LogP contribution in [0.1, 0.15) is 54.9 Å². The second kappa shape index (κ2) is 22.3. The van der Waals surface area contributed by atoms with E-state index in [0.29, 0.717) is 6.42 Å². The molecule has 5 unspecified atom stereocenters. The fourth-order valence-electron chi connectivity index (χ4n) is 4.20. The molecule has 16 heteroatoms. The highest BCUT2D eigenvalue weighted by atomic mass is 31.2. The fraction of sp³-hybridized carbons (Fsp3) is 0.656. The Bertz CT molecular complexity index is 1150. The first-order valence-electron chi connectivity index (χ1n) is 15.5. The zero-order valence-corrected chi connectivity index (χ0v) is 30.6. The summed E-state index contributed by atoms with van der Waals surface area (Å²) in [7, 11) is -1.24. The zero-order chi connectivity index (χ0) is 37.2. The van der Waals surface area contributed by atoms with Crippen LogP contribution in [0.2, 0.25) is 0 Å². The van der Waals surface area contributed by atoms with Crippen LogP contribution in [0.4, 0.5) is 4.79 Å². The normalized spacial score (nSPS) is 14.7. The number of nitrogens with one attached hydrogen (secondary N) is 1. The van der Waals surface area contributed by atoms with E-state index in [-0.39, 0.29) is 36.9 Å². The van der Waals surface area contributed by atoms with Crippen LogP contribution in [0.3, 0.4) is 0 Å². The van der Waals surface area contributed by atoms with Crippen LogP contribution in [0.25, 0.3) is 0 Å². The van der Waals surface area contributed by atoms with Crippen molar-refractivity contribution in [3.8, 4) is 0 Å². The number of phosphoric ester groups is 1. The molecule has 2 amide bonds. The van der Waals surface area contributed by atoms with Crippen molar-refractivity contribution in [2.24, 2.45) is 11.8 Å². The molecule has 0 heterocycles. The van der Waals surface area contributed by atoms with E-state index in [1.165, 1.54) is 26.1 Å². The summed E-state index contributed by atoms with van der Waals surface area (Å²) in [4.78, 5) is 66.9. The third kappa shape index (κ3) is 16.2. The van der Waals surface area contributed by atoms with Gasteiger partial charge in [-0.3, -0.25) is 37.6 Å². The summed E-state index contributed by atoms with van der Waals surface area (Å²) in [5.74, 6) is -3.21. The number of ketones is 1. The largest absolute Gasteiger partial charge is 0.475 e. The lowest BCUT2D eigenvalue weighted by atomic mass is 9.87. The van der Waals surface area contributed by atoms with Gasteiger partial charge in [0.2, 0.25) is 12.2 Å². The van der Waals surface area contributed by atoms with Crippen LogP contribution in [0.5, 0.6) is 0 Å². The maximum atomic E-state index is 13.6. The monoisotopic (exact) mass is 703 g/mol. The van der Waals surface area contributed by atoms with Crippen molar-refractivity contribution < 1.29 is 56.3 Å². The number of rotatable bonds is 24. The molecule has 15 nitrogen and oxygen atoms in total. The van der Waals surface area contributed by atoms with Crippen LogP contribution in [0.15, 0.2) is 38.0 Å². The lowest BCUT2D eigenvalue weighted by Crippen LogP contribution is -2.55. The van der Waals surface area contributed by atoms with E-state index in [2.05, 4.69) is 25.1 Å². The van der Waals surface area contributed by atoms with E-state index in [9.17, 15) is 28.5 Å². The number of ether oxygens (including phenoxy) is 3. The number of hydrogen-bond acceptors (Lipinski definition) is 13. The predicted molar refractivity (Wildman–Crippen MR) is 179 cm³/mol. The number of carbonyl (C=O) groups excluding carboxylic acids is 5. The SMILES string of the molecule is C=CCOP(=O)(OCC=C)OCC(NC(=O)OC(C)OC(C)=O)C(=O)N(C)CC(=O)OC(C(C)CC=C)C(C(=O)C(C)C)N(C)C(C)C. The average molecular weight is 704 g/mol. The molecule has 0 aromatic rings. The Morgan fingerprint density at radius 3 is 1.85 bits per heavy atom. The number of likely N-dealkylation sites (N-methyl/N-ethyl adjacent to an activating group) is 2. The van der Waals surface area contributed by atoms with Crippen molar-refractivity contribution in [3.63, 3.8) is 0 Å². The predicted octanol–water partition coefficient (Wildman–Crippen LogP) is 4.04. The van der Waals surface area contributed by atoms with Gasteiger partial charge in [0.25, 0.3) is 0 Å². The molecule has 0 fully saturated rings. The second-order valence-corrected chi connectivity index (χ2v) is 13.3. The Morgan fingerprint density at radius 1 is 0.833 bits per heavy atom. The van der Waals surface area contributed by atoms with E-state index in [4.69, 9.17) is 27.8 Å². The number of carbonyl (C=O) groups is 5. The molecule has 0 radical (unpaired) electrons. The molecule has 274 valence electrons. The Labute approximate surface area is 284 Å². The van der Waals surface area contributed by atoms with Gasteiger partial charge in [0.05, 0.1) is 19.8 Å². The topological polar surface area (TPSA) is 176 Å². The molecule has 0 aliphatic rings. The number of allylic oxidation sites excluding steroid dienone is 1. The zero-order valence-electron chi connectivity index (χ0n) is 29.7. The fourth-order valence-corrected chi connectivity index (χ4v) is 5.33. The van der Waals surface area contributed by atoms with Gasteiger partial charge in [-0.15, -0.1) is 19.7 Å². The number of esters is 2. The van der Waals surface area contributed by atoms with Gasteiger partial charge in [-0.25, -0.2) is 9.36 Å². The molecule has 0 rings (SSSR count). The van der Waals surface area contributed by atoms with E-state index < -0.39 is 69.4 Å². The molecular weight excluding hydrogens is 649 g/mol. The number of nitrogens with zero attached hydrogens (tertiary/aromatic N) is 2. The third-order valence-electron chi connectivity index (χ3n) is 6.83. The van der Waals surface area contributed by atoms with E-state index >= 15 is 0 Å². The number of alkyl carbamates (subject to hydrolysis) is 1. The first-order valence-corrected chi connectivity index (χ1v) is 17.0. The number of Topliss-reactive ketones (excluding diaryl/α,β-unsaturated/α-hetero) is 1. The number of phosphoric acid groups is 1. The first kappa shape index (κ1) is 44.6. The molecule has 0 aromatic carbocycles. The summed E-state index contributed by atoms with van der Waals surface area (Å²) < 4.78 is 44.4.